The van der Waals surface area contributed by atoms with E-state index in [1.807, 2.05) is 39.9 Å². The number of morpholine rings is 1. The van der Waals surface area contributed by atoms with Gasteiger partial charge in [0.25, 0.3) is 0 Å². The summed E-state index contributed by atoms with van der Waals surface area (Å²) in [6.07, 6.45) is 3.65. The van der Waals surface area contributed by atoms with E-state index in [1.165, 1.54) is 0 Å². The molecule has 3 aromatic rings. The zero-order chi connectivity index (χ0) is 21.1. The molecule has 0 spiro atoms. The molecule has 2 heterocycles. The highest BCUT2D eigenvalue weighted by molar-refractivity contribution is 6.01. The van der Waals surface area contributed by atoms with Gasteiger partial charge in [-0.25, -0.2) is 4.79 Å². The topological polar surface area (TPSA) is 84.1 Å². The van der Waals surface area contributed by atoms with Gasteiger partial charge in [-0.2, -0.15) is 0 Å². The third kappa shape index (κ3) is 3.97. The van der Waals surface area contributed by atoms with Crippen molar-refractivity contribution in [2.45, 2.75) is 13.5 Å². The third-order valence-corrected chi connectivity index (χ3v) is 5.37. The van der Waals surface area contributed by atoms with Crippen molar-refractivity contribution >= 4 is 34.7 Å². The Labute approximate surface area is 174 Å². The fraction of sp³-hybridized carbons (Fsp3) is 0.261. The van der Waals surface area contributed by atoms with Gasteiger partial charge in [-0.05, 0) is 30.7 Å². The van der Waals surface area contributed by atoms with Gasteiger partial charge < -0.3 is 19.3 Å². The number of carbonyl (C=O) groups excluding carboxylic acids is 1. The second-order valence-electron chi connectivity index (χ2n) is 7.24. The molecular formula is C23H23N3O4. The van der Waals surface area contributed by atoms with Gasteiger partial charge in [0, 0.05) is 42.0 Å². The van der Waals surface area contributed by atoms with Crippen LogP contribution in [-0.4, -0.2) is 59.0 Å². The van der Waals surface area contributed by atoms with Crippen LogP contribution < -0.4 is 0 Å². The molecule has 1 aliphatic heterocycles. The van der Waals surface area contributed by atoms with Crippen molar-refractivity contribution in [3.8, 4) is 0 Å². The fourth-order valence-corrected chi connectivity index (χ4v) is 3.70. The number of carbonyl (C=O) groups is 2. The third-order valence-electron chi connectivity index (χ3n) is 5.37. The smallest absolute Gasteiger partial charge is 0.336 e. The van der Waals surface area contributed by atoms with E-state index in [9.17, 15) is 14.7 Å². The Morgan fingerprint density at radius 1 is 1.13 bits per heavy atom. The van der Waals surface area contributed by atoms with Crippen LogP contribution in [0.25, 0.3) is 10.9 Å². The maximum atomic E-state index is 12.7. The quantitative estimate of drug-likeness (QED) is 0.661. The molecule has 2 aromatic carbocycles. The summed E-state index contributed by atoms with van der Waals surface area (Å²) in [7, 11) is 0. The highest BCUT2D eigenvalue weighted by Gasteiger charge is 2.18. The number of rotatable bonds is 5. The minimum atomic E-state index is -0.970. The normalized spacial score (nSPS) is 14.5. The fourth-order valence-electron chi connectivity index (χ4n) is 3.70. The first-order valence-corrected chi connectivity index (χ1v) is 9.85. The van der Waals surface area contributed by atoms with E-state index in [4.69, 9.17) is 4.74 Å². The summed E-state index contributed by atoms with van der Waals surface area (Å²) in [4.78, 5) is 30.4. The van der Waals surface area contributed by atoms with Crippen molar-refractivity contribution in [2.24, 2.45) is 4.99 Å². The van der Waals surface area contributed by atoms with E-state index < -0.39 is 5.97 Å². The molecule has 154 valence electrons. The van der Waals surface area contributed by atoms with Crippen LogP contribution in [0.5, 0.6) is 0 Å². The van der Waals surface area contributed by atoms with Crippen molar-refractivity contribution in [2.75, 3.05) is 26.3 Å². The Bertz CT molecular complexity index is 1130. The molecule has 1 amide bonds. The van der Waals surface area contributed by atoms with Crippen LogP contribution in [0.1, 0.15) is 21.5 Å². The van der Waals surface area contributed by atoms with Gasteiger partial charge in [0.2, 0.25) is 5.91 Å². The molecule has 0 saturated carbocycles. The zero-order valence-electron chi connectivity index (χ0n) is 16.7. The van der Waals surface area contributed by atoms with Crippen molar-refractivity contribution in [1.29, 1.82) is 0 Å². The van der Waals surface area contributed by atoms with Crippen LogP contribution in [0, 0.1) is 6.92 Å². The number of amides is 1. The number of hydrogen-bond donors (Lipinski definition) is 1. The van der Waals surface area contributed by atoms with Crippen LogP contribution in [0.15, 0.2) is 53.7 Å². The minimum Gasteiger partial charge on any atom is -0.478 e. The van der Waals surface area contributed by atoms with E-state index in [-0.39, 0.29) is 18.0 Å². The van der Waals surface area contributed by atoms with Crippen LogP contribution >= 0.6 is 0 Å². The Balaban J connectivity index is 1.64. The summed E-state index contributed by atoms with van der Waals surface area (Å²) in [6.45, 7) is 4.38. The number of para-hydroxylation sites is 1. The lowest BCUT2D eigenvalue weighted by Gasteiger charge is -2.27. The summed E-state index contributed by atoms with van der Waals surface area (Å²) in [5, 5.41) is 10.3. The van der Waals surface area contributed by atoms with Crippen molar-refractivity contribution in [1.82, 2.24) is 9.47 Å². The Morgan fingerprint density at radius 2 is 1.90 bits per heavy atom. The van der Waals surface area contributed by atoms with Crippen molar-refractivity contribution < 1.29 is 19.4 Å². The molecule has 0 bridgehead atoms. The van der Waals surface area contributed by atoms with Crippen LogP contribution in [-0.2, 0) is 16.1 Å². The molecule has 4 rings (SSSR count). The number of aromatic nitrogens is 1. The number of ether oxygens (including phenoxy) is 1. The van der Waals surface area contributed by atoms with Gasteiger partial charge >= 0.3 is 5.97 Å². The first-order valence-electron chi connectivity index (χ1n) is 9.85. The van der Waals surface area contributed by atoms with E-state index in [0.717, 1.165) is 16.5 Å². The maximum Gasteiger partial charge on any atom is 0.336 e. The van der Waals surface area contributed by atoms with Gasteiger partial charge in [0.05, 0.1) is 24.5 Å². The molecular weight excluding hydrogens is 382 g/mol. The molecule has 0 aliphatic carbocycles. The lowest BCUT2D eigenvalue weighted by Crippen LogP contribution is -2.42. The Kier molecular flexibility index (Phi) is 5.63. The Morgan fingerprint density at radius 3 is 2.67 bits per heavy atom. The molecule has 1 fully saturated rings. The molecule has 0 radical (unpaired) electrons. The molecule has 0 atom stereocenters. The number of carboxylic acid groups (broad SMARTS) is 1. The summed E-state index contributed by atoms with van der Waals surface area (Å²) < 4.78 is 7.27. The second kappa shape index (κ2) is 8.51. The first-order chi connectivity index (χ1) is 14.5. The van der Waals surface area contributed by atoms with E-state index in [1.54, 1.807) is 31.3 Å². The van der Waals surface area contributed by atoms with E-state index in [2.05, 4.69) is 4.99 Å². The number of nitrogens with zero attached hydrogens (tertiary/aromatic N) is 3. The molecule has 1 saturated heterocycles. The molecule has 0 unspecified atom stereocenters. The van der Waals surface area contributed by atoms with E-state index >= 15 is 0 Å². The largest absolute Gasteiger partial charge is 0.478 e. The number of fused-ring (bicyclic) bond motifs is 1. The monoisotopic (exact) mass is 405 g/mol. The summed E-state index contributed by atoms with van der Waals surface area (Å²) in [5.74, 6) is -0.907. The van der Waals surface area contributed by atoms with Crippen LogP contribution in [0.3, 0.4) is 0 Å². The number of aliphatic imine (C=N–C) groups is 1. The van der Waals surface area contributed by atoms with Crippen LogP contribution in [0.4, 0.5) is 5.69 Å². The predicted molar refractivity (Wildman–Crippen MR) is 115 cm³/mol. The lowest BCUT2D eigenvalue weighted by molar-refractivity contribution is -0.135. The summed E-state index contributed by atoms with van der Waals surface area (Å²) >= 11 is 0. The second-order valence-corrected chi connectivity index (χ2v) is 7.24. The van der Waals surface area contributed by atoms with Crippen molar-refractivity contribution in [3.05, 3.63) is 65.4 Å². The molecule has 7 heteroatoms. The van der Waals surface area contributed by atoms with Gasteiger partial charge in [0.1, 0.15) is 6.54 Å². The van der Waals surface area contributed by atoms with Gasteiger partial charge in [0.15, 0.2) is 0 Å². The molecule has 1 N–H and O–H groups in total. The molecule has 7 nitrogen and oxygen atoms in total. The average Bonchev–Trinajstić information content (AvgIpc) is 3.11. The Hall–Kier alpha value is -3.45. The highest BCUT2D eigenvalue weighted by Crippen LogP contribution is 2.24. The first kappa shape index (κ1) is 19.8. The number of aromatic carboxylic acids is 1. The van der Waals surface area contributed by atoms with E-state index in [0.29, 0.717) is 37.6 Å². The summed E-state index contributed by atoms with van der Waals surface area (Å²) in [6, 6.07) is 12.9. The zero-order valence-corrected chi connectivity index (χ0v) is 16.7. The number of carboxylic acids is 1. The minimum absolute atomic E-state index is 0.0625. The highest BCUT2D eigenvalue weighted by atomic mass is 16.5. The van der Waals surface area contributed by atoms with Crippen molar-refractivity contribution in [3.63, 3.8) is 0 Å². The molecule has 1 aromatic heterocycles. The standard InChI is InChI=1S/C23H23N3O4/c1-16-18(23(28)29)6-4-7-20(16)24-13-17-14-26(21-8-3-2-5-19(17)21)15-22(27)25-9-11-30-12-10-25/h2-8,13-14H,9-12,15H2,1H3,(H,28,29). The lowest BCUT2D eigenvalue weighted by atomic mass is 10.1. The number of hydrogen-bond acceptors (Lipinski definition) is 4. The van der Waals surface area contributed by atoms with Gasteiger partial charge in [-0.3, -0.25) is 9.79 Å². The SMILES string of the molecule is Cc1c(N=Cc2cn(CC(=O)N3CCOCC3)c3ccccc23)cccc1C(=O)O. The maximum absolute atomic E-state index is 12.7. The average molecular weight is 405 g/mol. The number of benzene rings is 2. The van der Waals surface area contributed by atoms with Crippen LogP contribution in [0.2, 0.25) is 0 Å². The predicted octanol–water partition coefficient (Wildman–Crippen LogP) is 3.26. The molecule has 30 heavy (non-hydrogen) atoms. The van der Waals surface area contributed by atoms with Gasteiger partial charge in [-0.1, -0.05) is 24.3 Å². The molecule has 1 aliphatic rings. The van der Waals surface area contributed by atoms with Gasteiger partial charge in [-0.15, -0.1) is 0 Å². The summed E-state index contributed by atoms with van der Waals surface area (Å²) in [5.41, 5.74) is 3.30.